The summed E-state index contributed by atoms with van der Waals surface area (Å²) < 4.78 is 2.41. The van der Waals surface area contributed by atoms with Crippen LogP contribution in [0.3, 0.4) is 0 Å². The van der Waals surface area contributed by atoms with E-state index < -0.39 is 0 Å². The van der Waals surface area contributed by atoms with Crippen LogP contribution in [0.25, 0.3) is 5.69 Å². The van der Waals surface area contributed by atoms with E-state index >= 15 is 0 Å². The zero-order valence-corrected chi connectivity index (χ0v) is 16.8. The van der Waals surface area contributed by atoms with Crippen LogP contribution in [0.4, 0.5) is 0 Å². The van der Waals surface area contributed by atoms with Crippen molar-refractivity contribution in [1.82, 2.24) is 0 Å². The summed E-state index contributed by atoms with van der Waals surface area (Å²) in [6.45, 7) is 8.89. The molecule has 1 aromatic heterocycles. The van der Waals surface area contributed by atoms with Crippen LogP contribution in [0, 0.1) is 20.8 Å². The molecular weight excluding hydrogens is 302 g/mol. The van der Waals surface area contributed by atoms with Gasteiger partial charge in [0.05, 0.1) is 0 Å². The van der Waals surface area contributed by atoms with Gasteiger partial charge in [0.2, 0.25) is 5.69 Å². The number of para-hydroxylation sites is 1. The number of rotatable bonds is 10. The molecule has 0 saturated heterocycles. The molecule has 1 heterocycles. The maximum Gasteiger partial charge on any atom is 0.214 e. The van der Waals surface area contributed by atoms with E-state index in [2.05, 4.69) is 68.7 Å². The van der Waals surface area contributed by atoms with Gasteiger partial charge in [-0.3, -0.25) is 0 Å². The lowest BCUT2D eigenvalue weighted by Gasteiger charge is -2.09. The third kappa shape index (κ3) is 5.99. The monoisotopic (exact) mass is 338 g/mol. The molecule has 0 bridgehead atoms. The van der Waals surface area contributed by atoms with Gasteiger partial charge in [0.25, 0.3) is 0 Å². The van der Waals surface area contributed by atoms with Gasteiger partial charge in [-0.15, -0.1) is 0 Å². The molecule has 0 spiro atoms. The number of hydrogen-bond acceptors (Lipinski definition) is 0. The van der Waals surface area contributed by atoms with Crippen LogP contribution in [0.5, 0.6) is 0 Å². The fraction of sp³-hybridized carbons (Fsp3) is 0.542. The van der Waals surface area contributed by atoms with Gasteiger partial charge in [0, 0.05) is 37.6 Å². The SMILES string of the molecule is CCCCCCCCCCc1ccccc1-[n+]1c(C)cc(C)cc1C. The highest BCUT2D eigenvalue weighted by atomic mass is 15.0. The van der Waals surface area contributed by atoms with Crippen molar-refractivity contribution in [3.8, 4) is 5.69 Å². The molecule has 0 saturated carbocycles. The van der Waals surface area contributed by atoms with Gasteiger partial charge in [-0.2, -0.15) is 4.57 Å². The molecule has 0 aliphatic rings. The smallest absolute Gasteiger partial charge is 0.162 e. The molecule has 1 aromatic carbocycles. The number of aryl methyl sites for hydroxylation is 4. The Bertz CT molecular complexity index is 634. The van der Waals surface area contributed by atoms with Crippen LogP contribution in [0.1, 0.15) is 80.8 Å². The summed E-state index contributed by atoms with van der Waals surface area (Å²) in [5.41, 5.74) is 6.82. The Morgan fingerprint density at radius 2 is 1.28 bits per heavy atom. The van der Waals surface area contributed by atoms with Gasteiger partial charge in [-0.1, -0.05) is 70.1 Å². The van der Waals surface area contributed by atoms with Crippen molar-refractivity contribution in [2.24, 2.45) is 0 Å². The lowest BCUT2D eigenvalue weighted by molar-refractivity contribution is -0.610. The minimum absolute atomic E-state index is 1.19. The summed E-state index contributed by atoms with van der Waals surface area (Å²) in [6.07, 6.45) is 12.2. The molecule has 2 aromatic rings. The number of pyridine rings is 1. The molecule has 25 heavy (non-hydrogen) atoms. The average molecular weight is 339 g/mol. The highest BCUT2D eigenvalue weighted by molar-refractivity contribution is 5.35. The number of unbranched alkanes of at least 4 members (excludes halogenated alkanes) is 7. The summed E-state index contributed by atoms with van der Waals surface area (Å²) in [6, 6.07) is 13.5. The van der Waals surface area contributed by atoms with Crippen LogP contribution in [-0.2, 0) is 6.42 Å². The molecule has 0 amide bonds. The molecule has 2 rings (SSSR count). The molecule has 1 heteroatoms. The van der Waals surface area contributed by atoms with Crippen molar-refractivity contribution >= 4 is 0 Å². The fourth-order valence-electron chi connectivity index (χ4n) is 3.88. The van der Waals surface area contributed by atoms with Gasteiger partial charge in [-0.25, -0.2) is 0 Å². The molecule has 0 aliphatic heterocycles. The summed E-state index contributed by atoms with van der Waals surface area (Å²) in [7, 11) is 0. The predicted molar refractivity (Wildman–Crippen MR) is 108 cm³/mol. The fourth-order valence-corrected chi connectivity index (χ4v) is 3.88. The van der Waals surface area contributed by atoms with Crippen LogP contribution in [0.2, 0.25) is 0 Å². The molecule has 0 fully saturated rings. The first-order chi connectivity index (χ1) is 12.1. The Balaban J connectivity index is 1.95. The van der Waals surface area contributed by atoms with Gasteiger partial charge in [-0.05, 0) is 25.3 Å². The first-order valence-corrected chi connectivity index (χ1v) is 10.2. The highest BCUT2D eigenvalue weighted by Gasteiger charge is 2.18. The minimum Gasteiger partial charge on any atom is -0.162 e. The Hall–Kier alpha value is -1.63. The van der Waals surface area contributed by atoms with Gasteiger partial charge in [0.15, 0.2) is 11.4 Å². The van der Waals surface area contributed by atoms with E-state index in [1.54, 1.807) is 0 Å². The van der Waals surface area contributed by atoms with Crippen molar-refractivity contribution in [1.29, 1.82) is 0 Å². The number of benzene rings is 1. The average Bonchev–Trinajstić information content (AvgIpc) is 2.57. The van der Waals surface area contributed by atoms with Gasteiger partial charge >= 0.3 is 0 Å². The summed E-state index contributed by atoms with van der Waals surface area (Å²) >= 11 is 0. The normalized spacial score (nSPS) is 11.0. The first kappa shape index (κ1) is 19.7. The van der Waals surface area contributed by atoms with E-state index in [-0.39, 0.29) is 0 Å². The van der Waals surface area contributed by atoms with Crippen LogP contribution < -0.4 is 4.57 Å². The highest BCUT2D eigenvalue weighted by Crippen LogP contribution is 2.16. The Kier molecular flexibility index (Phi) is 8.18. The third-order valence-electron chi connectivity index (χ3n) is 5.11. The third-order valence-corrected chi connectivity index (χ3v) is 5.11. The molecular formula is C24H36N+. The van der Waals surface area contributed by atoms with Crippen LogP contribution >= 0.6 is 0 Å². The van der Waals surface area contributed by atoms with Crippen molar-refractivity contribution < 1.29 is 4.57 Å². The Labute approximate surface area is 155 Å². The summed E-state index contributed by atoms with van der Waals surface area (Å²) in [4.78, 5) is 0. The lowest BCUT2D eigenvalue weighted by atomic mass is 10.0. The lowest BCUT2D eigenvalue weighted by Crippen LogP contribution is -2.38. The minimum atomic E-state index is 1.19. The molecule has 0 N–H and O–H groups in total. The van der Waals surface area contributed by atoms with E-state index in [1.165, 1.54) is 86.0 Å². The van der Waals surface area contributed by atoms with E-state index in [1.807, 2.05) is 0 Å². The van der Waals surface area contributed by atoms with E-state index in [0.717, 1.165) is 0 Å². The quantitative estimate of drug-likeness (QED) is 0.340. The van der Waals surface area contributed by atoms with Crippen LogP contribution in [-0.4, -0.2) is 0 Å². The second kappa shape index (κ2) is 10.4. The number of aromatic nitrogens is 1. The van der Waals surface area contributed by atoms with Crippen molar-refractivity contribution in [2.75, 3.05) is 0 Å². The largest absolute Gasteiger partial charge is 0.214 e. The van der Waals surface area contributed by atoms with Gasteiger partial charge < -0.3 is 0 Å². The zero-order chi connectivity index (χ0) is 18.1. The van der Waals surface area contributed by atoms with Gasteiger partial charge in [0.1, 0.15) is 0 Å². The van der Waals surface area contributed by atoms with Crippen molar-refractivity contribution in [3.63, 3.8) is 0 Å². The zero-order valence-electron chi connectivity index (χ0n) is 16.8. The molecule has 0 radical (unpaired) electrons. The molecule has 0 unspecified atom stereocenters. The molecule has 0 aliphatic carbocycles. The maximum absolute atomic E-state index is 2.41. The molecule has 1 nitrogen and oxygen atoms in total. The van der Waals surface area contributed by atoms with E-state index in [9.17, 15) is 0 Å². The Morgan fingerprint density at radius 3 is 1.92 bits per heavy atom. The topological polar surface area (TPSA) is 3.88 Å². The first-order valence-electron chi connectivity index (χ1n) is 10.2. The second-order valence-electron chi connectivity index (χ2n) is 7.50. The molecule has 0 atom stereocenters. The number of nitrogens with zero attached hydrogens (tertiary/aromatic N) is 1. The van der Waals surface area contributed by atoms with Crippen molar-refractivity contribution in [3.05, 3.63) is 58.9 Å². The maximum atomic E-state index is 2.41. The Morgan fingerprint density at radius 1 is 0.720 bits per heavy atom. The van der Waals surface area contributed by atoms with Crippen LogP contribution in [0.15, 0.2) is 36.4 Å². The van der Waals surface area contributed by atoms with Crippen molar-refractivity contribution in [2.45, 2.75) is 85.5 Å². The summed E-state index contributed by atoms with van der Waals surface area (Å²) in [5.74, 6) is 0. The predicted octanol–water partition coefficient (Wildman–Crippen LogP) is 6.57. The molecule has 136 valence electrons. The summed E-state index contributed by atoms with van der Waals surface area (Å²) in [5, 5.41) is 0. The number of hydrogen-bond donors (Lipinski definition) is 0. The van der Waals surface area contributed by atoms with E-state index in [4.69, 9.17) is 0 Å². The van der Waals surface area contributed by atoms with E-state index in [0.29, 0.717) is 0 Å². The standard InChI is InChI=1S/C24H36N/c1-5-6-7-8-9-10-11-12-15-23-16-13-14-17-24(23)25-21(3)18-20(2)19-22(25)4/h13-14,16-19H,5-12,15H2,1-4H3/q+1. The second-order valence-corrected chi connectivity index (χ2v) is 7.50.